The van der Waals surface area contributed by atoms with Crippen LogP contribution in [0.3, 0.4) is 0 Å². The molecule has 0 bridgehead atoms. The molecule has 2 rings (SSSR count). The Morgan fingerprint density at radius 3 is 1.27 bits per heavy atom. The smallest absolute Gasteiger partial charge is 0.548 e. The molecule has 2 aromatic carbocycles. The van der Waals surface area contributed by atoms with E-state index in [0.717, 1.165) is 11.1 Å². The van der Waals surface area contributed by atoms with Gasteiger partial charge in [-0.3, -0.25) is 0 Å². The predicted molar refractivity (Wildman–Crippen MR) is 84.2 cm³/mol. The van der Waals surface area contributed by atoms with Crippen molar-refractivity contribution in [3.05, 3.63) is 71.8 Å². The van der Waals surface area contributed by atoms with E-state index in [1.54, 1.807) is 0 Å². The molecule has 8 heteroatoms. The van der Waals surface area contributed by atoms with Crippen LogP contribution in [0.1, 0.15) is 11.1 Å². The first-order chi connectivity index (χ1) is 11.6. The summed E-state index contributed by atoms with van der Waals surface area (Å²) in [5.74, 6) is -3.00. The summed E-state index contributed by atoms with van der Waals surface area (Å²) in [6.07, 6.45) is 0. The Bertz CT molecular complexity index is 612. The van der Waals surface area contributed by atoms with Crippen LogP contribution in [0.2, 0.25) is 0 Å². The van der Waals surface area contributed by atoms with Crippen molar-refractivity contribution in [3.8, 4) is 0 Å². The van der Waals surface area contributed by atoms with Gasteiger partial charge in [-0.2, -0.15) is 0 Å². The number of nitrogens with one attached hydrogen (secondary N) is 2. The second kappa shape index (κ2) is 14.6. The molecule has 0 spiro atoms. The monoisotopic (exact) mass is 404 g/mol. The predicted octanol–water partition coefficient (Wildman–Crippen LogP) is -7.19. The molecule has 2 atom stereocenters. The molecule has 0 heterocycles. The van der Waals surface area contributed by atoms with Crippen molar-refractivity contribution in [2.24, 2.45) is 0 Å². The van der Waals surface area contributed by atoms with E-state index in [1.165, 1.54) is 0 Å². The summed E-state index contributed by atoms with van der Waals surface area (Å²) in [5, 5.41) is 28.2. The van der Waals surface area contributed by atoms with Gasteiger partial charge >= 0.3 is 103 Å². The van der Waals surface area contributed by atoms with Gasteiger partial charge < -0.3 is 30.4 Å². The van der Waals surface area contributed by atoms with Gasteiger partial charge in [0.25, 0.3) is 0 Å². The zero-order valence-electron chi connectivity index (χ0n) is 15.0. The normalized spacial score (nSPS) is 12.2. The van der Waals surface area contributed by atoms with Crippen LogP contribution in [-0.2, 0) is 22.7 Å². The zero-order valence-corrected chi connectivity index (χ0v) is 21.2. The molecule has 0 saturated heterocycles. The molecule has 126 valence electrons. The third kappa shape index (κ3) is 9.18. The maximum absolute atomic E-state index is 11.4. The number of carbonyl (C=O) groups is 2. The van der Waals surface area contributed by atoms with E-state index >= 15 is 0 Å². The van der Waals surface area contributed by atoms with Crippen molar-refractivity contribution >= 4 is 11.9 Å². The molecule has 0 fully saturated rings. The SMILES string of the molecule is O=C([O-])[C@@H](NCc1ccccc1)[C@@H](NCc1ccccc1)C(=O)[O-].[K+].[K+]. The van der Waals surface area contributed by atoms with Crippen LogP contribution in [0.4, 0.5) is 0 Å². The van der Waals surface area contributed by atoms with Gasteiger partial charge in [-0.25, -0.2) is 0 Å². The molecule has 0 aromatic heterocycles. The van der Waals surface area contributed by atoms with Crippen molar-refractivity contribution in [1.82, 2.24) is 10.6 Å². The van der Waals surface area contributed by atoms with Crippen LogP contribution in [0, 0.1) is 0 Å². The summed E-state index contributed by atoms with van der Waals surface area (Å²) in [7, 11) is 0. The maximum atomic E-state index is 11.4. The molecular weight excluding hydrogens is 386 g/mol. The summed E-state index contributed by atoms with van der Waals surface area (Å²) >= 11 is 0. The minimum absolute atomic E-state index is 0. The second-order valence-electron chi connectivity index (χ2n) is 5.33. The number of benzene rings is 2. The van der Waals surface area contributed by atoms with Crippen LogP contribution in [0.5, 0.6) is 0 Å². The third-order valence-electron chi connectivity index (χ3n) is 3.58. The van der Waals surface area contributed by atoms with Crippen LogP contribution in [0.15, 0.2) is 60.7 Å². The molecule has 26 heavy (non-hydrogen) atoms. The fraction of sp³-hybridized carbons (Fsp3) is 0.222. The average molecular weight is 405 g/mol. The number of carbonyl (C=O) groups excluding carboxylic acids is 2. The Kier molecular flexibility index (Phi) is 14.9. The molecule has 0 radical (unpaired) electrons. The third-order valence-corrected chi connectivity index (χ3v) is 3.58. The number of carboxylic acids is 2. The van der Waals surface area contributed by atoms with Crippen molar-refractivity contribution < 1.29 is 123 Å². The Labute approximate surface area is 238 Å². The van der Waals surface area contributed by atoms with Gasteiger partial charge in [-0.15, -0.1) is 0 Å². The van der Waals surface area contributed by atoms with E-state index in [9.17, 15) is 19.8 Å². The summed E-state index contributed by atoms with van der Waals surface area (Å²) < 4.78 is 0. The fourth-order valence-electron chi connectivity index (χ4n) is 2.32. The minimum Gasteiger partial charge on any atom is -0.548 e. The second-order valence-corrected chi connectivity index (χ2v) is 5.33. The largest absolute Gasteiger partial charge is 1.00 e. The molecule has 6 nitrogen and oxygen atoms in total. The van der Waals surface area contributed by atoms with Gasteiger partial charge in [0, 0.05) is 13.1 Å². The van der Waals surface area contributed by atoms with Crippen LogP contribution in [-0.4, -0.2) is 24.0 Å². The van der Waals surface area contributed by atoms with Crippen LogP contribution in [0.25, 0.3) is 0 Å². The maximum Gasteiger partial charge on any atom is 1.00 e. The van der Waals surface area contributed by atoms with E-state index in [0.29, 0.717) is 0 Å². The van der Waals surface area contributed by atoms with Gasteiger partial charge in [0.1, 0.15) is 0 Å². The summed E-state index contributed by atoms with van der Waals surface area (Å²) in [5.41, 5.74) is 1.67. The number of hydrogen-bond acceptors (Lipinski definition) is 6. The van der Waals surface area contributed by atoms with Crippen molar-refractivity contribution in [2.45, 2.75) is 25.2 Å². The van der Waals surface area contributed by atoms with Crippen molar-refractivity contribution in [1.29, 1.82) is 0 Å². The fourth-order valence-corrected chi connectivity index (χ4v) is 2.32. The number of aliphatic carboxylic acids is 2. The van der Waals surface area contributed by atoms with Gasteiger partial charge in [0.2, 0.25) is 0 Å². The van der Waals surface area contributed by atoms with Gasteiger partial charge in [-0.05, 0) is 11.1 Å². The average Bonchev–Trinajstić information content (AvgIpc) is 2.59. The summed E-state index contributed by atoms with van der Waals surface area (Å²) in [6, 6.07) is 15.3. The summed E-state index contributed by atoms with van der Waals surface area (Å²) in [4.78, 5) is 22.7. The first-order valence-corrected chi connectivity index (χ1v) is 7.54. The molecule has 0 saturated carbocycles. The Hall–Kier alpha value is 0.573. The quantitative estimate of drug-likeness (QED) is 0.403. The van der Waals surface area contributed by atoms with Crippen molar-refractivity contribution in [2.75, 3.05) is 0 Å². The van der Waals surface area contributed by atoms with Crippen LogP contribution >= 0.6 is 0 Å². The molecule has 0 unspecified atom stereocenters. The van der Waals surface area contributed by atoms with Gasteiger partial charge in [0.15, 0.2) is 0 Å². The molecule has 0 aliphatic rings. The Morgan fingerprint density at radius 1 is 0.692 bits per heavy atom. The standard InChI is InChI=1S/C18H20N2O4.2K/c21-17(22)15(19-11-13-7-3-1-4-8-13)16(18(23)24)20-12-14-9-5-2-6-10-14;;/h1-10,15-16,19-20H,11-12H2,(H,21,22)(H,23,24);;/q;2*+1/p-2/t15-,16+;;. The van der Waals surface area contributed by atoms with E-state index in [1.807, 2.05) is 60.7 Å². The van der Waals surface area contributed by atoms with Gasteiger partial charge in [-0.1, -0.05) is 60.7 Å². The number of hydrogen-bond donors (Lipinski definition) is 2. The number of rotatable bonds is 9. The summed E-state index contributed by atoms with van der Waals surface area (Å²) in [6.45, 7) is 0.409. The molecule has 0 amide bonds. The van der Waals surface area contributed by atoms with Gasteiger partial charge in [0.05, 0.1) is 24.0 Å². The van der Waals surface area contributed by atoms with Crippen molar-refractivity contribution in [3.63, 3.8) is 0 Å². The van der Waals surface area contributed by atoms with E-state index in [4.69, 9.17) is 0 Å². The number of carboxylic acid groups (broad SMARTS) is 2. The van der Waals surface area contributed by atoms with E-state index in [2.05, 4.69) is 10.6 Å². The molecule has 2 N–H and O–H groups in total. The van der Waals surface area contributed by atoms with E-state index in [-0.39, 0.29) is 116 Å². The Balaban J connectivity index is 0.00000312. The first-order valence-electron chi connectivity index (χ1n) is 7.54. The molecular formula is C18H18K2N2O4. The first kappa shape index (κ1) is 26.6. The topological polar surface area (TPSA) is 104 Å². The molecule has 2 aromatic rings. The molecule has 0 aliphatic heterocycles. The van der Waals surface area contributed by atoms with E-state index < -0.39 is 24.0 Å². The zero-order chi connectivity index (χ0) is 17.4. The van der Waals surface area contributed by atoms with Crippen LogP contribution < -0.4 is 124 Å². The molecule has 0 aliphatic carbocycles. The minimum atomic E-state index is -1.50. The Morgan fingerprint density at radius 2 is 1.00 bits per heavy atom.